The van der Waals surface area contributed by atoms with Crippen molar-refractivity contribution in [1.82, 2.24) is 9.80 Å². The first kappa shape index (κ1) is 23.3. The van der Waals surface area contributed by atoms with E-state index >= 15 is 0 Å². The number of nitrogens with zero attached hydrogens (tertiary/aromatic N) is 3. The van der Waals surface area contributed by atoms with Crippen LogP contribution in [0.1, 0.15) is 21.5 Å². The molecule has 1 saturated heterocycles. The maximum absolute atomic E-state index is 13.0. The second-order valence-corrected chi connectivity index (χ2v) is 7.96. The first-order chi connectivity index (χ1) is 16.1. The van der Waals surface area contributed by atoms with E-state index in [9.17, 15) is 27.6 Å². The molecule has 0 spiro atoms. The van der Waals surface area contributed by atoms with Gasteiger partial charge in [-0.15, -0.1) is 0 Å². The molecule has 2 aromatic rings. The summed E-state index contributed by atoms with van der Waals surface area (Å²) in [6, 6.07) is 11.9. The van der Waals surface area contributed by atoms with Crippen molar-refractivity contribution in [3.63, 3.8) is 0 Å². The van der Waals surface area contributed by atoms with Crippen molar-refractivity contribution in [1.29, 1.82) is 0 Å². The van der Waals surface area contributed by atoms with Gasteiger partial charge in [0.25, 0.3) is 11.8 Å². The molecule has 0 unspecified atom stereocenters. The number of anilines is 1. The van der Waals surface area contributed by atoms with E-state index in [2.05, 4.69) is 6.58 Å². The fraction of sp³-hybridized carbons (Fsp3) is 0.292. The maximum atomic E-state index is 13.0. The van der Waals surface area contributed by atoms with Crippen molar-refractivity contribution < 1.29 is 32.3 Å². The molecule has 10 heteroatoms. The average Bonchev–Trinajstić information content (AvgIpc) is 3.07. The minimum Gasteiger partial charge on any atom is -0.454 e. The molecule has 2 aromatic carbocycles. The molecule has 7 nitrogen and oxygen atoms in total. The molecule has 2 amide bonds. The van der Waals surface area contributed by atoms with Crippen LogP contribution in [-0.4, -0.2) is 66.9 Å². The van der Waals surface area contributed by atoms with Crippen molar-refractivity contribution in [2.45, 2.75) is 6.18 Å². The predicted molar refractivity (Wildman–Crippen MR) is 118 cm³/mol. The number of carbonyl (C=O) groups excluding carboxylic acids is 3. The van der Waals surface area contributed by atoms with E-state index in [1.54, 1.807) is 35.2 Å². The van der Waals surface area contributed by atoms with E-state index in [1.807, 2.05) is 0 Å². The summed E-state index contributed by atoms with van der Waals surface area (Å²) >= 11 is 0. The lowest BCUT2D eigenvalue weighted by molar-refractivity contribution is -0.152. The molecule has 0 atom stereocenters. The number of amides is 2. The Bertz CT molecular complexity index is 1110. The molecule has 2 aliphatic heterocycles. The number of fused-ring (bicyclic) bond motifs is 1. The third kappa shape index (κ3) is 4.75. The number of halogens is 3. The lowest BCUT2D eigenvalue weighted by Crippen LogP contribution is -2.50. The number of hydrogen-bond donors (Lipinski definition) is 0. The third-order valence-electron chi connectivity index (χ3n) is 5.85. The fourth-order valence-electron chi connectivity index (χ4n) is 4.00. The van der Waals surface area contributed by atoms with Gasteiger partial charge in [0.15, 0.2) is 6.61 Å². The second-order valence-electron chi connectivity index (χ2n) is 7.96. The highest BCUT2D eigenvalue weighted by molar-refractivity contribution is 6.10. The SMILES string of the molecule is C=C1c2ccccc2C(=O)N1CC(=O)OCC(=O)N1CCN(c2cccc(C(F)(F)F)c2)CC1. The van der Waals surface area contributed by atoms with Crippen LogP contribution in [0.3, 0.4) is 0 Å². The van der Waals surface area contributed by atoms with Crippen LogP contribution in [0.2, 0.25) is 0 Å². The molecular weight excluding hydrogens is 451 g/mol. The number of hydrogen-bond acceptors (Lipinski definition) is 5. The Morgan fingerprint density at radius 2 is 1.65 bits per heavy atom. The van der Waals surface area contributed by atoms with Gasteiger partial charge in [-0.1, -0.05) is 30.8 Å². The Hall–Kier alpha value is -3.82. The number of ether oxygens (including phenoxy) is 1. The van der Waals surface area contributed by atoms with Crippen LogP contribution in [0.25, 0.3) is 5.70 Å². The smallest absolute Gasteiger partial charge is 0.416 e. The number of carbonyl (C=O) groups is 3. The van der Waals surface area contributed by atoms with E-state index in [4.69, 9.17) is 4.74 Å². The number of rotatable bonds is 5. The Balaban J connectivity index is 1.25. The van der Waals surface area contributed by atoms with Gasteiger partial charge in [-0.2, -0.15) is 13.2 Å². The van der Waals surface area contributed by atoms with Crippen molar-refractivity contribution >= 4 is 29.2 Å². The summed E-state index contributed by atoms with van der Waals surface area (Å²) in [5.74, 6) is -1.50. The average molecular weight is 473 g/mol. The first-order valence-electron chi connectivity index (χ1n) is 10.6. The highest BCUT2D eigenvalue weighted by Crippen LogP contribution is 2.32. The van der Waals surface area contributed by atoms with Gasteiger partial charge in [0.1, 0.15) is 6.54 Å². The molecular formula is C24H22F3N3O4. The summed E-state index contributed by atoms with van der Waals surface area (Å²) in [6.45, 7) is 4.27. The molecule has 0 aromatic heterocycles. The van der Waals surface area contributed by atoms with Crippen molar-refractivity contribution in [3.05, 3.63) is 71.8 Å². The van der Waals surface area contributed by atoms with Crippen molar-refractivity contribution in [3.8, 4) is 0 Å². The minimum absolute atomic E-state index is 0.281. The molecule has 0 saturated carbocycles. The number of alkyl halides is 3. The molecule has 0 radical (unpaired) electrons. The standard InChI is InChI=1S/C24H22F3N3O4/c1-16-19-7-2-3-8-20(19)23(33)30(16)14-22(32)34-15-21(31)29-11-9-28(10-12-29)18-6-4-5-17(13-18)24(25,26)27/h2-8,13H,1,9-12,14-15H2. The van der Waals surface area contributed by atoms with Crippen LogP contribution in [0, 0.1) is 0 Å². The van der Waals surface area contributed by atoms with Crippen LogP contribution in [0.4, 0.5) is 18.9 Å². The normalized spacial score (nSPS) is 16.0. The molecule has 34 heavy (non-hydrogen) atoms. The molecule has 2 aliphatic rings. The summed E-state index contributed by atoms with van der Waals surface area (Å²) in [5, 5.41) is 0. The summed E-state index contributed by atoms with van der Waals surface area (Å²) in [7, 11) is 0. The van der Waals surface area contributed by atoms with Crippen LogP contribution in [-0.2, 0) is 20.5 Å². The summed E-state index contributed by atoms with van der Waals surface area (Å²) in [6.07, 6.45) is -4.42. The van der Waals surface area contributed by atoms with Gasteiger partial charge < -0.3 is 14.5 Å². The number of piperazine rings is 1. The van der Waals surface area contributed by atoms with E-state index in [-0.39, 0.29) is 25.5 Å². The summed E-state index contributed by atoms with van der Waals surface area (Å²) in [4.78, 5) is 41.7. The van der Waals surface area contributed by atoms with Gasteiger partial charge in [-0.05, 0) is 24.3 Å². The molecule has 2 heterocycles. The topological polar surface area (TPSA) is 70.2 Å². The summed E-state index contributed by atoms with van der Waals surface area (Å²) < 4.78 is 43.9. The quantitative estimate of drug-likeness (QED) is 0.625. The van der Waals surface area contributed by atoms with Crippen LogP contribution < -0.4 is 4.90 Å². The molecule has 1 fully saturated rings. The van der Waals surface area contributed by atoms with Gasteiger partial charge in [0.05, 0.1) is 5.56 Å². The highest BCUT2D eigenvalue weighted by Gasteiger charge is 2.33. The van der Waals surface area contributed by atoms with Gasteiger partial charge >= 0.3 is 12.1 Å². The van der Waals surface area contributed by atoms with Crippen LogP contribution >= 0.6 is 0 Å². The fourth-order valence-corrected chi connectivity index (χ4v) is 4.00. The van der Waals surface area contributed by atoms with E-state index in [0.29, 0.717) is 35.6 Å². The zero-order valence-corrected chi connectivity index (χ0v) is 18.2. The van der Waals surface area contributed by atoms with Gasteiger partial charge in [0, 0.05) is 48.7 Å². The highest BCUT2D eigenvalue weighted by atomic mass is 19.4. The minimum atomic E-state index is -4.42. The van der Waals surface area contributed by atoms with Gasteiger partial charge in [0.2, 0.25) is 0 Å². The molecule has 0 N–H and O–H groups in total. The number of benzene rings is 2. The third-order valence-corrected chi connectivity index (χ3v) is 5.85. The van der Waals surface area contributed by atoms with Gasteiger partial charge in [-0.3, -0.25) is 19.3 Å². The zero-order chi connectivity index (χ0) is 24.5. The Morgan fingerprint density at radius 3 is 2.29 bits per heavy atom. The Morgan fingerprint density at radius 1 is 0.971 bits per heavy atom. The molecule has 4 rings (SSSR count). The van der Waals surface area contributed by atoms with E-state index in [0.717, 1.165) is 12.1 Å². The first-order valence-corrected chi connectivity index (χ1v) is 10.6. The Kier molecular flexibility index (Phi) is 6.32. The van der Waals surface area contributed by atoms with Crippen molar-refractivity contribution in [2.75, 3.05) is 44.2 Å². The second kappa shape index (κ2) is 9.20. The molecule has 178 valence electrons. The van der Waals surface area contributed by atoms with Crippen molar-refractivity contribution in [2.24, 2.45) is 0 Å². The van der Waals surface area contributed by atoms with Crippen LogP contribution in [0.5, 0.6) is 0 Å². The maximum Gasteiger partial charge on any atom is 0.416 e. The van der Waals surface area contributed by atoms with Gasteiger partial charge in [-0.25, -0.2) is 0 Å². The van der Waals surface area contributed by atoms with E-state index < -0.39 is 30.2 Å². The molecule has 0 bridgehead atoms. The van der Waals surface area contributed by atoms with Crippen LogP contribution in [0.15, 0.2) is 55.1 Å². The largest absolute Gasteiger partial charge is 0.454 e. The summed E-state index contributed by atoms with van der Waals surface area (Å²) in [5.41, 5.74) is 1.21. The Labute approximate surface area is 194 Å². The zero-order valence-electron chi connectivity index (χ0n) is 18.2. The predicted octanol–water partition coefficient (Wildman–Crippen LogP) is 3.02. The lowest BCUT2D eigenvalue weighted by atomic mass is 10.1. The monoisotopic (exact) mass is 473 g/mol. The lowest BCUT2D eigenvalue weighted by Gasteiger charge is -2.36. The van der Waals surface area contributed by atoms with E-state index in [1.165, 1.54) is 15.9 Å². The number of esters is 1. The molecule has 0 aliphatic carbocycles.